The number of likely N-dealkylation sites (tertiary alicyclic amines) is 1. The number of piperidine rings is 1. The lowest BCUT2D eigenvalue weighted by atomic mass is 10.0. The minimum Gasteiger partial charge on any atom is -0.482 e. The van der Waals surface area contributed by atoms with Crippen LogP contribution in [-0.4, -0.2) is 47.2 Å². The molecule has 0 saturated carbocycles. The Kier molecular flexibility index (Phi) is 4.43. The molecule has 2 aliphatic rings. The number of nitrogens with one attached hydrogen (secondary N) is 1. The maximum atomic E-state index is 12.9. The SMILES string of the molecule is Cc1noc([C@H]2CCCCN2C(=O)Nc2ccc3c(c2)N(C)C(=O)CO3)n1. The molecule has 1 saturated heterocycles. The molecule has 4 rings (SSSR count). The van der Waals surface area contributed by atoms with Crippen molar-refractivity contribution in [1.29, 1.82) is 0 Å². The molecule has 1 aromatic carbocycles. The Morgan fingerprint density at radius 3 is 2.96 bits per heavy atom. The molecular weight excluding hydrogens is 350 g/mol. The highest BCUT2D eigenvalue weighted by Crippen LogP contribution is 2.35. The number of benzene rings is 1. The van der Waals surface area contributed by atoms with Gasteiger partial charge < -0.3 is 24.4 Å². The van der Waals surface area contributed by atoms with E-state index in [9.17, 15) is 9.59 Å². The second-order valence-electron chi connectivity index (χ2n) is 6.74. The lowest BCUT2D eigenvalue weighted by Gasteiger charge is -2.33. The molecule has 0 bridgehead atoms. The molecule has 1 aromatic heterocycles. The highest BCUT2D eigenvalue weighted by molar-refractivity contribution is 5.99. The molecular formula is C18H21N5O4. The summed E-state index contributed by atoms with van der Waals surface area (Å²) in [7, 11) is 1.69. The second kappa shape index (κ2) is 6.90. The average molecular weight is 371 g/mol. The van der Waals surface area contributed by atoms with Crippen molar-refractivity contribution in [3.05, 3.63) is 29.9 Å². The van der Waals surface area contributed by atoms with Crippen LogP contribution in [0.2, 0.25) is 0 Å². The quantitative estimate of drug-likeness (QED) is 0.870. The summed E-state index contributed by atoms with van der Waals surface area (Å²) in [4.78, 5) is 32.2. The second-order valence-corrected chi connectivity index (χ2v) is 6.74. The summed E-state index contributed by atoms with van der Waals surface area (Å²) < 4.78 is 10.7. The average Bonchev–Trinajstić information content (AvgIpc) is 3.11. The van der Waals surface area contributed by atoms with Crippen LogP contribution in [0.25, 0.3) is 0 Å². The van der Waals surface area contributed by atoms with E-state index in [0.717, 1.165) is 19.3 Å². The maximum absolute atomic E-state index is 12.9. The van der Waals surface area contributed by atoms with Gasteiger partial charge in [0.25, 0.3) is 5.91 Å². The number of carbonyl (C=O) groups is 2. The fraction of sp³-hybridized carbons (Fsp3) is 0.444. The van der Waals surface area contributed by atoms with Gasteiger partial charge in [-0.05, 0) is 44.4 Å². The number of aryl methyl sites for hydroxylation is 1. The molecule has 1 atom stereocenters. The van der Waals surface area contributed by atoms with E-state index in [1.54, 1.807) is 37.1 Å². The van der Waals surface area contributed by atoms with Gasteiger partial charge in [-0.25, -0.2) is 4.79 Å². The van der Waals surface area contributed by atoms with Gasteiger partial charge in [-0.2, -0.15) is 4.98 Å². The zero-order chi connectivity index (χ0) is 19.0. The molecule has 1 fully saturated rings. The van der Waals surface area contributed by atoms with E-state index in [2.05, 4.69) is 15.5 Å². The van der Waals surface area contributed by atoms with Crippen molar-refractivity contribution in [1.82, 2.24) is 15.0 Å². The third-order valence-corrected chi connectivity index (χ3v) is 4.89. The van der Waals surface area contributed by atoms with Crippen molar-refractivity contribution in [2.24, 2.45) is 0 Å². The summed E-state index contributed by atoms with van der Waals surface area (Å²) in [5.41, 5.74) is 1.22. The van der Waals surface area contributed by atoms with Crippen molar-refractivity contribution < 1.29 is 18.8 Å². The number of nitrogens with zero attached hydrogens (tertiary/aromatic N) is 4. The van der Waals surface area contributed by atoms with Crippen LogP contribution in [0.1, 0.15) is 37.0 Å². The number of hydrogen-bond donors (Lipinski definition) is 1. The topological polar surface area (TPSA) is 101 Å². The molecule has 3 amide bonds. The van der Waals surface area contributed by atoms with Crippen molar-refractivity contribution >= 4 is 23.3 Å². The highest BCUT2D eigenvalue weighted by atomic mass is 16.5. The fourth-order valence-corrected chi connectivity index (χ4v) is 3.43. The molecule has 9 nitrogen and oxygen atoms in total. The molecule has 2 aromatic rings. The van der Waals surface area contributed by atoms with Gasteiger partial charge in [0.15, 0.2) is 12.4 Å². The molecule has 9 heteroatoms. The van der Waals surface area contributed by atoms with Crippen molar-refractivity contribution in [3.8, 4) is 5.75 Å². The Hall–Kier alpha value is -3.10. The van der Waals surface area contributed by atoms with Crippen molar-refractivity contribution in [3.63, 3.8) is 0 Å². The van der Waals surface area contributed by atoms with E-state index in [1.165, 1.54) is 4.90 Å². The van der Waals surface area contributed by atoms with Crippen LogP contribution >= 0.6 is 0 Å². The number of rotatable bonds is 2. The molecule has 0 spiro atoms. The van der Waals surface area contributed by atoms with Crippen molar-refractivity contribution in [2.75, 3.05) is 30.4 Å². The molecule has 27 heavy (non-hydrogen) atoms. The molecule has 1 N–H and O–H groups in total. The third kappa shape index (κ3) is 3.32. The van der Waals surface area contributed by atoms with Crippen LogP contribution in [0.15, 0.2) is 22.7 Å². The lowest BCUT2D eigenvalue weighted by molar-refractivity contribution is -0.120. The Morgan fingerprint density at radius 1 is 1.33 bits per heavy atom. The smallest absolute Gasteiger partial charge is 0.322 e. The fourth-order valence-electron chi connectivity index (χ4n) is 3.43. The van der Waals surface area contributed by atoms with E-state index in [0.29, 0.717) is 35.4 Å². The Balaban J connectivity index is 1.53. The maximum Gasteiger partial charge on any atom is 0.322 e. The number of fused-ring (bicyclic) bond motifs is 1. The van der Waals surface area contributed by atoms with E-state index in [4.69, 9.17) is 9.26 Å². The molecule has 2 aliphatic heterocycles. The van der Waals surface area contributed by atoms with Crippen LogP contribution in [0.3, 0.4) is 0 Å². The van der Waals surface area contributed by atoms with Gasteiger partial charge in [-0.3, -0.25) is 4.79 Å². The normalized spacial score (nSPS) is 19.5. The van der Waals surface area contributed by atoms with Gasteiger partial charge in [0.1, 0.15) is 11.8 Å². The minimum absolute atomic E-state index is 0.0221. The van der Waals surface area contributed by atoms with Gasteiger partial charge in [0, 0.05) is 19.3 Å². The summed E-state index contributed by atoms with van der Waals surface area (Å²) in [6.07, 6.45) is 2.70. The van der Waals surface area contributed by atoms with Gasteiger partial charge in [-0.1, -0.05) is 5.16 Å². The molecule has 142 valence electrons. The van der Waals surface area contributed by atoms with Crippen LogP contribution in [0.5, 0.6) is 5.75 Å². The van der Waals surface area contributed by atoms with Gasteiger partial charge in [-0.15, -0.1) is 0 Å². The summed E-state index contributed by atoms with van der Waals surface area (Å²) in [5, 5.41) is 6.74. The predicted molar refractivity (Wildman–Crippen MR) is 96.7 cm³/mol. The molecule has 3 heterocycles. The highest BCUT2D eigenvalue weighted by Gasteiger charge is 2.32. The zero-order valence-electron chi connectivity index (χ0n) is 15.3. The lowest BCUT2D eigenvalue weighted by Crippen LogP contribution is -2.41. The Labute approximate surface area is 156 Å². The predicted octanol–water partition coefficient (Wildman–Crippen LogP) is 2.49. The van der Waals surface area contributed by atoms with Crippen molar-refractivity contribution in [2.45, 2.75) is 32.2 Å². The molecule has 0 unspecified atom stereocenters. The number of likely N-dealkylation sites (N-methyl/N-ethyl adjacent to an activating group) is 1. The van der Waals surface area contributed by atoms with Crippen LogP contribution < -0.4 is 15.0 Å². The monoisotopic (exact) mass is 371 g/mol. The Morgan fingerprint density at radius 2 is 2.19 bits per heavy atom. The number of carbonyl (C=O) groups excluding carboxylic acids is 2. The Bertz CT molecular complexity index is 880. The van der Waals surface area contributed by atoms with E-state index in [1.807, 2.05) is 0 Å². The first-order chi connectivity index (χ1) is 13.0. The van der Waals surface area contributed by atoms with E-state index >= 15 is 0 Å². The molecule has 0 radical (unpaired) electrons. The number of amides is 3. The summed E-state index contributed by atoms with van der Waals surface area (Å²) in [6.45, 7) is 2.39. The minimum atomic E-state index is -0.235. The summed E-state index contributed by atoms with van der Waals surface area (Å²) in [5.74, 6) is 1.51. The standard InChI is InChI=1S/C18H21N5O4/c1-11-19-17(27-21-11)13-5-3-4-8-23(13)18(25)20-12-6-7-15-14(9-12)22(2)16(24)10-26-15/h6-7,9,13H,3-5,8,10H2,1-2H3,(H,20,25)/t13-/m1/s1. The summed E-state index contributed by atoms with van der Waals surface area (Å²) in [6, 6.07) is 4.78. The first-order valence-corrected chi connectivity index (χ1v) is 8.94. The van der Waals surface area contributed by atoms with Crippen LogP contribution in [0.4, 0.5) is 16.2 Å². The summed E-state index contributed by atoms with van der Waals surface area (Å²) >= 11 is 0. The number of anilines is 2. The van der Waals surface area contributed by atoms with E-state index in [-0.39, 0.29) is 24.6 Å². The van der Waals surface area contributed by atoms with Crippen LogP contribution in [-0.2, 0) is 4.79 Å². The number of hydrogen-bond acceptors (Lipinski definition) is 6. The first kappa shape index (κ1) is 17.3. The van der Waals surface area contributed by atoms with Crippen LogP contribution in [0, 0.1) is 6.92 Å². The van der Waals surface area contributed by atoms with Gasteiger partial charge in [0.05, 0.1) is 5.69 Å². The van der Waals surface area contributed by atoms with E-state index < -0.39 is 0 Å². The third-order valence-electron chi connectivity index (χ3n) is 4.89. The zero-order valence-corrected chi connectivity index (χ0v) is 15.3. The first-order valence-electron chi connectivity index (χ1n) is 8.94. The number of ether oxygens (including phenoxy) is 1. The number of aromatic nitrogens is 2. The number of urea groups is 1. The largest absolute Gasteiger partial charge is 0.482 e. The molecule has 0 aliphatic carbocycles. The van der Waals surface area contributed by atoms with Gasteiger partial charge in [0.2, 0.25) is 5.89 Å². The van der Waals surface area contributed by atoms with Gasteiger partial charge >= 0.3 is 6.03 Å².